The minimum atomic E-state index is -2.81. The van der Waals surface area contributed by atoms with Crippen LogP contribution in [0.4, 0.5) is 20.3 Å². The number of ether oxygens (including phenoxy) is 1. The summed E-state index contributed by atoms with van der Waals surface area (Å²) >= 11 is 0. The number of halogens is 2. The molecule has 1 fully saturated rings. The number of carbonyl (C=O) groups is 1. The molecule has 5 rings (SSSR count). The molecule has 1 amide bonds. The van der Waals surface area contributed by atoms with E-state index in [-0.39, 0.29) is 11.4 Å². The van der Waals surface area contributed by atoms with E-state index in [9.17, 15) is 13.6 Å². The minimum absolute atomic E-state index is 0.164. The molecule has 2 aromatic carbocycles. The molecular weight excluding hydrogens is 468 g/mol. The number of hydrogen-bond donors (Lipinski definition) is 3. The van der Waals surface area contributed by atoms with Crippen molar-refractivity contribution in [3.63, 3.8) is 0 Å². The van der Waals surface area contributed by atoms with Gasteiger partial charge >= 0.3 is 0 Å². The van der Waals surface area contributed by atoms with Crippen molar-refractivity contribution < 1.29 is 18.3 Å². The molecule has 1 aromatic heterocycles. The Hall–Kier alpha value is -4.67. The van der Waals surface area contributed by atoms with Crippen molar-refractivity contribution in [2.24, 2.45) is 15.7 Å². The van der Waals surface area contributed by atoms with Gasteiger partial charge in [-0.25, -0.2) is 18.8 Å². The number of benzene rings is 2. The van der Waals surface area contributed by atoms with Crippen LogP contribution < -0.4 is 16.0 Å². The number of nitrogens with two attached hydrogens (primary N) is 1. The smallest absolute Gasteiger partial charge is 0.291 e. The third-order valence-electron chi connectivity index (χ3n) is 5.60. The number of anilines is 2. The number of pyridine rings is 1. The summed E-state index contributed by atoms with van der Waals surface area (Å²) in [5, 5.41) is 11.1. The Kier molecular flexibility index (Phi) is 5.88. The lowest BCUT2D eigenvalue weighted by atomic mass is 10.0. The Morgan fingerprint density at radius 1 is 1.11 bits per heavy atom. The maximum Gasteiger partial charge on any atom is 0.291 e. The summed E-state index contributed by atoms with van der Waals surface area (Å²) in [5.74, 6) is -3.61. The second-order valence-electron chi connectivity index (χ2n) is 8.24. The van der Waals surface area contributed by atoms with E-state index in [4.69, 9.17) is 15.9 Å². The fraction of sp³-hybridized carbons (Fsp3) is 0.160. The maximum absolute atomic E-state index is 13.4. The van der Waals surface area contributed by atoms with E-state index in [0.717, 1.165) is 5.56 Å². The highest BCUT2D eigenvalue weighted by Gasteiger charge is 2.45. The lowest BCUT2D eigenvalue weighted by Gasteiger charge is -2.40. The average molecular weight is 489 g/mol. The fourth-order valence-corrected chi connectivity index (χ4v) is 3.95. The number of amides is 1. The van der Waals surface area contributed by atoms with E-state index < -0.39 is 43.0 Å². The van der Waals surface area contributed by atoms with Gasteiger partial charge in [-0.05, 0) is 18.2 Å². The third-order valence-corrected chi connectivity index (χ3v) is 5.60. The molecule has 2 aliphatic rings. The van der Waals surface area contributed by atoms with Crippen LogP contribution in [-0.2, 0) is 9.53 Å². The summed E-state index contributed by atoms with van der Waals surface area (Å²) in [6.07, 6.45) is 0.149. The normalized spacial score (nSPS) is 18.8. The van der Waals surface area contributed by atoms with E-state index in [0.29, 0.717) is 17.0 Å². The molecular formula is C25H21F2N7O2. The van der Waals surface area contributed by atoms with Gasteiger partial charge in [-0.2, -0.15) is 4.99 Å². The summed E-state index contributed by atoms with van der Waals surface area (Å²) < 4.78 is 32.1. The van der Waals surface area contributed by atoms with E-state index >= 15 is 0 Å². The number of benzodiazepines with no additional fused rings is 1. The second-order valence-corrected chi connectivity index (χ2v) is 8.24. The van der Waals surface area contributed by atoms with Crippen molar-refractivity contribution in [1.29, 1.82) is 5.41 Å². The zero-order chi connectivity index (χ0) is 25.3. The van der Waals surface area contributed by atoms with E-state index in [1.165, 1.54) is 17.2 Å². The van der Waals surface area contributed by atoms with Crippen LogP contribution >= 0.6 is 0 Å². The van der Waals surface area contributed by atoms with Crippen LogP contribution in [0, 0.1) is 5.41 Å². The van der Waals surface area contributed by atoms with Crippen LogP contribution in [-0.4, -0.2) is 53.7 Å². The third kappa shape index (κ3) is 4.63. The van der Waals surface area contributed by atoms with Gasteiger partial charge < -0.3 is 20.7 Å². The van der Waals surface area contributed by atoms with Crippen LogP contribution in [0.15, 0.2) is 82.9 Å². The van der Waals surface area contributed by atoms with Crippen molar-refractivity contribution in [2.45, 2.75) is 12.1 Å². The highest BCUT2D eigenvalue weighted by molar-refractivity contribution is 6.19. The summed E-state index contributed by atoms with van der Waals surface area (Å²) in [4.78, 5) is 27.0. The van der Waals surface area contributed by atoms with Crippen molar-refractivity contribution in [1.82, 2.24) is 4.98 Å². The Labute approximate surface area is 204 Å². The Morgan fingerprint density at radius 2 is 1.83 bits per heavy atom. The molecule has 11 heteroatoms. The molecule has 0 saturated carbocycles. The van der Waals surface area contributed by atoms with Crippen molar-refractivity contribution in [2.75, 3.05) is 23.3 Å². The van der Waals surface area contributed by atoms with Gasteiger partial charge in [0.15, 0.2) is 0 Å². The van der Waals surface area contributed by atoms with Crippen molar-refractivity contribution >= 4 is 35.0 Å². The summed E-state index contributed by atoms with van der Waals surface area (Å²) in [5.41, 5.74) is 8.71. The van der Waals surface area contributed by atoms with Gasteiger partial charge in [0, 0.05) is 17.3 Å². The lowest BCUT2D eigenvalue weighted by Crippen LogP contribution is -2.57. The van der Waals surface area contributed by atoms with E-state index in [1.807, 2.05) is 42.5 Å². The quantitative estimate of drug-likeness (QED) is 0.383. The number of rotatable bonds is 4. The van der Waals surface area contributed by atoms with Gasteiger partial charge in [0.2, 0.25) is 12.1 Å². The maximum atomic E-state index is 13.4. The molecule has 1 saturated heterocycles. The zero-order valence-corrected chi connectivity index (χ0v) is 18.9. The van der Waals surface area contributed by atoms with Crippen LogP contribution in [0.1, 0.15) is 16.7 Å². The number of para-hydroxylation sites is 1. The molecule has 3 aromatic rings. The molecule has 36 heavy (non-hydrogen) atoms. The Balaban J connectivity index is 1.42. The molecule has 0 bridgehead atoms. The summed E-state index contributed by atoms with van der Waals surface area (Å²) in [6.45, 7) is -1.01. The first-order chi connectivity index (χ1) is 17.3. The second kappa shape index (κ2) is 9.17. The number of alkyl halides is 2. The summed E-state index contributed by atoms with van der Waals surface area (Å²) in [7, 11) is 0. The fourth-order valence-electron chi connectivity index (χ4n) is 3.95. The SMILES string of the molecule is N=C(OC(N)=NC1N=C(c2ccccc2)c2ccccc2NC1=O)c1cccnc1N1CC(F)(F)C1. The van der Waals surface area contributed by atoms with Gasteiger partial charge in [0.1, 0.15) is 5.82 Å². The van der Waals surface area contributed by atoms with Gasteiger partial charge in [0.05, 0.1) is 30.1 Å². The first-order valence-electron chi connectivity index (χ1n) is 11.0. The largest absolute Gasteiger partial charge is 0.407 e. The number of nitrogens with zero attached hydrogens (tertiary/aromatic N) is 4. The number of fused-ring (bicyclic) bond motifs is 1. The van der Waals surface area contributed by atoms with Crippen LogP contribution in [0.3, 0.4) is 0 Å². The Morgan fingerprint density at radius 3 is 2.58 bits per heavy atom. The van der Waals surface area contributed by atoms with Gasteiger partial charge in [-0.3, -0.25) is 10.2 Å². The first-order valence-corrected chi connectivity index (χ1v) is 11.0. The topological polar surface area (TPSA) is 129 Å². The zero-order valence-electron chi connectivity index (χ0n) is 18.9. The number of hydrogen-bond acceptors (Lipinski definition) is 7. The monoisotopic (exact) mass is 489 g/mol. The average Bonchev–Trinajstić information content (AvgIpc) is 2.99. The van der Waals surface area contributed by atoms with E-state index in [2.05, 4.69) is 20.3 Å². The number of aromatic nitrogens is 1. The highest BCUT2D eigenvalue weighted by Crippen LogP contribution is 2.32. The van der Waals surface area contributed by atoms with Gasteiger partial charge in [-0.1, -0.05) is 48.5 Å². The molecule has 0 aliphatic carbocycles. The number of carbonyl (C=O) groups excluding carboxylic acids is 1. The minimum Gasteiger partial charge on any atom is -0.407 e. The number of aliphatic imine (C=N–C) groups is 2. The van der Waals surface area contributed by atoms with Crippen molar-refractivity contribution in [3.05, 3.63) is 89.6 Å². The molecule has 1 unspecified atom stereocenters. The van der Waals surface area contributed by atoms with Crippen LogP contribution in [0.5, 0.6) is 0 Å². The Bertz CT molecular complexity index is 1380. The molecule has 1 atom stereocenters. The molecule has 4 N–H and O–H groups in total. The van der Waals surface area contributed by atoms with Gasteiger partial charge in [-0.15, -0.1) is 0 Å². The highest BCUT2D eigenvalue weighted by atomic mass is 19.3. The van der Waals surface area contributed by atoms with Gasteiger partial charge in [0.25, 0.3) is 17.9 Å². The lowest BCUT2D eigenvalue weighted by molar-refractivity contribution is -0.117. The predicted molar refractivity (Wildman–Crippen MR) is 132 cm³/mol. The van der Waals surface area contributed by atoms with E-state index in [1.54, 1.807) is 18.2 Å². The summed E-state index contributed by atoms with van der Waals surface area (Å²) in [6, 6.07) is 19.1. The molecule has 3 heterocycles. The van der Waals surface area contributed by atoms with Crippen LogP contribution in [0.25, 0.3) is 0 Å². The first kappa shape index (κ1) is 23.1. The molecule has 0 spiro atoms. The number of nitrogens with one attached hydrogen (secondary N) is 2. The number of amidine groups is 1. The van der Waals surface area contributed by atoms with Crippen molar-refractivity contribution in [3.8, 4) is 0 Å². The molecule has 0 radical (unpaired) electrons. The molecule has 2 aliphatic heterocycles. The molecule has 9 nitrogen and oxygen atoms in total. The standard InChI is InChI=1S/C25H21F2N7O2/c26-25(27)13-34(14-25)22-17(10-6-12-30-22)20(28)36-24(29)33-21-23(35)31-18-11-5-4-9-16(18)19(32-21)15-7-2-1-3-8-15/h1-12,21,28H,13-14H2,(H2,29,33)(H,31,35). The molecule has 182 valence electrons. The predicted octanol–water partition coefficient (Wildman–Crippen LogP) is 3.01. The van der Waals surface area contributed by atoms with Crippen LogP contribution in [0.2, 0.25) is 0 Å².